The maximum absolute atomic E-state index is 5.54. The first-order chi connectivity index (χ1) is 6.06. The molecule has 0 unspecified atom stereocenters. The molecule has 0 heterocycles. The van der Waals surface area contributed by atoms with Gasteiger partial charge in [0.1, 0.15) is 8.07 Å². The van der Waals surface area contributed by atoms with Crippen LogP contribution >= 0.6 is 0 Å². The van der Waals surface area contributed by atoms with Crippen molar-refractivity contribution in [3.8, 4) is 0 Å². The Hall–Kier alpha value is 0.137. The molecule has 0 atom stereocenters. The topological polar surface area (TPSA) is 18.5 Å². The van der Waals surface area contributed by atoms with Crippen LogP contribution in [0.25, 0.3) is 0 Å². The third-order valence-corrected chi connectivity index (χ3v) is 7.18. The van der Waals surface area contributed by atoms with Gasteiger partial charge in [0.15, 0.2) is 0 Å². The highest BCUT2D eigenvalue weighted by atomic mass is 28.3. The van der Waals surface area contributed by atoms with Crippen LogP contribution in [0.15, 0.2) is 0 Å². The molecule has 0 rings (SSSR count). The monoisotopic (exact) mass is 204 g/mol. The quantitative estimate of drug-likeness (QED) is 0.594. The van der Waals surface area contributed by atoms with E-state index in [0.717, 1.165) is 31.2 Å². The summed E-state index contributed by atoms with van der Waals surface area (Å²) in [6.07, 6.45) is 1.86. The summed E-state index contributed by atoms with van der Waals surface area (Å²) in [6, 6.07) is 0. The molecule has 0 radical (unpaired) electrons. The Morgan fingerprint density at radius 2 is 1.38 bits per heavy atom. The minimum Gasteiger partial charge on any atom is -0.385 e. The molecule has 13 heavy (non-hydrogen) atoms. The predicted octanol–water partition coefficient (Wildman–Crippen LogP) is 2.63. The highest BCUT2D eigenvalue weighted by molar-refractivity contribution is 6.79. The second-order valence-corrected chi connectivity index (χ2v) is 9.12. The molecule has 3 heteroatoms. The zero-order valence-corrected chi connectivity index (χ0v) is 10.7. The molecule has 0 aromatic heterocycles. The van der Waals surface area contributed by atoms with Crippen molar-refractivity contribution in [2.45, 2.75) is 39.8 Å². The lowest BCUT2D eigenvalue weighted by molar-refractivity contribution is 0.161. The third kappa shape index (κ3) is 4.79. The molecule has 0 aliphatic rings. The van der Waals surface area contributed by atoms with Crippen molar-refractivity contribution < 1.29 is 9.47 Å². The zero-order valence-electron chi connectivity index (χ0n) is 9.72. The average molecular weight is 204 g/mol. The van der Waals surface area contributed by atoms with Crippen molar-refractivity contribution >= 4 is 8.07 Å². The minimum absolute atomic E-state index is 0.727. The Labute approximate surface area is 83.6 Å². The Bertz CT molecular complexity index is 118. The number of ether oxygens (including phenoxy) is 2. The average Bonchev–Trinajstić information content (AvgIpc) is 2.11. The Kier molecular flexibility index (Phi) is 6.64. The molecule has 2 nitrogen and oxygen atoms in total. The van der Waals surface area contributed by atoms with Crippen molar-refractivity contribution in [2.24, 2.45) is 0 Å². The van der Waals surface area contributed by atoms with Gasteiger partial charge in [-0.1, -0.05) is 20.4 Å². The standard InChI is InChI=1S/C10H24O2Si/c1-6-11-8-13(5,10(3)4)9-12-7-2/h10H,6-9H2,1-5H3. The minimum atomic E-state index is -1.31. The highest BCUT2D eigenvalue weighted by Crippen LogP contribution is 2.21. The van der Waals surface area contributed by atoms with Gasteiger partial charge in [-0.2, -0.15) is 0 Å². The molecule has 0 N–H and O–H groups in total. The van der Waals surface area contributed by atoms with Crippen LogP contribution < -0.4 is 0 Å². The van der Waals surface area contributed by atoms with E-state index in [2.05, 4.69) is 34.2 Å². The first kappa shape index (κ1) is 13.1. The van der Waals surface area contributed by atoms with Crippen LogP contribution in [-0.4, -0.2) is 33.7 Å². The first-order valence-corrected chi connectivity index (χ1v) is 8.21. The molecule has 0 spiro atoms. The summed E-state index contributed by atoms with van der Waals surface area (Å²) in [4.78, 5) is 0. The van der Waals surface area contributed by atoms with E-state index in [9.17, 15) is 0 Å². The van der Waals surface area contributed by atoms with Crippen molar-refractivity contribution in [3.05, 3.63) is 0 Å². The summed E-state index contributed by atoms with van der Waals surface area (Å²) in [5, 5.41) is 0. The number of hydrogen-bond donors (Lipinski definition) is 0. The van der Waals surface area contributed by atoms with Gasteiger partial charge in [0.05, 0.1) is 0 Å². The SMILES string of the molecule is CCOC[Si](C)(COCC)C(C)C. The molecule has 80 valence electrons. The Morgan fingerprint density at radius 3 is 1.62 bits per heavy atom. The maximum atomic E-state index is 5.54. The van der Waals surface area contributed by atoms with E-state index in [1.165, 1.54) is 0 Å². The van der Waals surface area contributed by atoms with Crippen molar-refractivity contribution in [3.63, 3.8) is 0 Å². The van der Waals surface area contributed by atoms with E-state index in [1.807, 2.05) is 0 Å². The molecule has 0 saturated carbocycles. The van der Waals surface area contributed by atoms with E-state index >= 15 is 0 Å². The van der Waals surface area contributed by atoms with E-state index in [4.69, 9.17) is 9.47 Å². The van der Waals surface area contributed by atoms with Gasteiger partial charge in [-0.15, -0.1) is 0 Å². The second kappa shape index (κ2) is 6.57. The Balaban J connectivity index is 4.00. The summed E-state index contributed by atoms with van der Waals surface area (Å²) in [5.41, 5.74) is 0.727. The molecule has 0 amide bonds. The third-order valence-electron chi connectivity index (χ3n) is 2.67. The van der Waals surface area contributed by atoms with Gasteiger partial charge in [0, 0.05) is 25.7 Å². The summed E-state index contributed by atoms with van der Waals surface area (Å²) in [5.74, 6) is 0. The van der Waals surface area contributed by atoms with Crippen molar-refractivity contribution in [1.29, 1.82) is 0 Å². The molecule has 0 aromatic carbocycles. The molecule has 0 saturated heterocycles. The lowest BCUT2D eigenvalue weighted by Gasteiger charge is -2.30. The van der Waals surface area contributed by atoms with Gasteiger partial charge in [0.2, 0.25) is 0 Å². The van der Waals surface area contributed by atoms with Gasteiger partial charge < -0.3 is 9.47 Å². The van der Waals surface area contributed by atoms with Crippen LogP contribution in [0.5, 0.6) is 0 Å². The second-order valence-electron chi connectivity index (χ2n) is 4.08. The van der Waals surface area contributed by atoms with Crippen molar-refractivity contribution in [1.82, 2.24) is 0 Å². The largest absolute Gasteiger partial charge is 0.385 e. The molecular weight excluding hydrogens is 180 g/mol. The summed E-state index contributed by atoms with van der Waals surface area (Å²) >= 11 is 0. The fraction of sp³-hybridized carbons (Fsp3) is 1.00. The van der Waals surface area contributed by atoms with Crippen LogP contribution in [-0.2, 0) is 9.47 Å². The van der Waals surface area contributed by atoms with Gasteiger partial charge >= 0.3 is 0 Å². The number of hydrogen-bond acceptors (Lipinski definition) is 2. The molecule has 0 aliphatic heterocycles. The van der Waals surface area contributed by atoms with Crippen LogP contribution in [0.4, 0.5) is 0 Å². The van der Waals surface area contributed by atoms with E-state index < -0.39 is 8.07 Å². The van der Waals surface area contributed by atoms with Gasteiger partial charge in [-0.05, 0) is 19.4 Å². The van der Waals surface area contributed by atoms with E-state index in [0.29, 0.717) is 0 Å². The molecule has 0 fully saturated rings. The lowest BCUT2D eigenvalue weighted by Crippen LogP contribution is -2.45. The van der Waals surface area contributed by atoms with Gasteiger partial charge in [-0.3, -0.25) is 0 Å². The van der Waals surface area contributed by atoms with E-state index in [-0.39, 0.29) is 0 Å². The zero-order chi connectivity index (χ0) is 10.3. The first-order valence-electron chi connectivity index (χ1n) is 5.22. The molecule has 0 aromatic rings. The summed E-state index contributed by atoms with van der Waals surface area (Å²) < 4.78 is 11.1. The maximum Gasteiger partial charge on any atom is 0.112 e. The summed E-state index contributed by atoms with van der Waals surface area (Å²) in [6.45, 7) is 12.7. The van der Waals surface area contributed by atoms with Crippen LogP contribution in [0.3, 0.4) is 0 Å². The fourth-order valence-electron chi connectivity index (χ4n) is 1.05. The molecule has 0 aliphatic carbocycles. The molecular formula is C10H24O2Si. The van der Waals surface area contributed by atoms with Crippen LogP contribution in [0.1, 0.15) is 27.7 Å². The van der Waals surface area contributed by atoms with Crippen molar-refractivity contribution in [2.75, 3.05) is 25.7 Å². The molecule has 0 bridgehead atoms. The Morgan fingerprint density at radius 1 is 1.00 bits per heavy atom. The van der Waals surface area contributed by atoms with E-state index in [1.54, 1.807) is 0 Å². The highest BCUT2D eigenvalue weighted by Gasteiger charge is 2.31. The predicted molar refractivity (Wildman–Crippen MR) is 59.7 cm³/mol. The normalized spacial score (nSPS) is 12.5. The lowest BCUT2D eigenvalue weighted by atomic mass is 10.6. The smallest absolute Gasteiger partial charge is 0.112 e. The number of rotatable bonds is 7. The van der Waals surface area contributed by atoms with Gasteiger partial charge in [0.25, 0.3) is 0 Å². The van der Waals surface area contributed by atoms with Gasteiger partial charge in [-0.25, -0.2) is 0 Å². The van der Waals surface area contributed by atoms with Crippen LogP contribution in [0.2, 0.25) is 12.1 Å². The van der Waals surface area contributed by atoms with Crippen LogP contribution in [0, 0.1) is 0 Å². The summed E-state index contributed by atoms with van der Waals surface area (Å²) in [7, 11) is -1.31. The fourth-order valence-corrected chi connectivity index (χ4v) is 3.14.